The van der Waals surface area contributed by atoms with Crippen LogP contribution in [0.5, 0.6) is 5.75 Å². The molecule has 5 nitrogen and oxygen atoms in total. The minimum absolute atomic E-state index is 0.207. The van der Waals surface area contributed by atoms with Gasteiger partial charge in [-0.05, 0) is 29.3 Å². The molecule has 0 radical (unpaired) electrons. The second-order valence-electron chi connectivity index (χ2n) is 7.07. The maximum atomic E-state index is 12.7. The molecule has 0 spiro atoms. The lowest BCUT2D eigenvalue weighted by atomic mass is 10.1. The van der Waals surface area contributed by atoms with Crippen LogP contribution < -0.4 is 15.6 Å². The van der Waals surface area contributed by atoms with E-state index >= 15 is 0 Å². The number of nitrogens with one attached hydrogen (secondary N) is 1. The highest BCUT2D eigenvalue weighted by Gasteiger charge is 2.13. The Bertz CT molecular complexity index is 1230. The van der Waals surface area contributed by atoms with E-state index in [1.807, 2.05) is 78.9 Å². The van der Waals surface area contributed by atoms with Crippen molar-refractivity contribution >= 4 is 16.8 Å². The molecule has 1 aromatic heterocycles. The Kier molecular flexibility index (Phi) is 5.61. The molecular formula is C25H22N2O3. The van der Waals surface area contributed by atoms with E-state index in [-0.39, 0.29) is 11.5 Å². The predicted molar refractivity (Wildman–Crippen MR) is 118 cm³/mol. The van der Waals surface area contributed by atoms with E-state index in [9.17, 15) is 9.59 Å². The van der Waals surface area contributed by atoms with Gasteiger partial charge < -0.3 is 14.6 Å². The lowest BCUT2D eigenvalue weighted by Gasteiger charge is -2.11. The number of para-hydroxylation sites is 2. The highest BCUT2D eigenvalue weighted by molar-refractivity contribution is 6.06. The fourth-order valence-electron chi connectivity index (χ4n) is 3.31. The third-order valence-electron chi connectivity index (χ3n) is 5.02. The first-order valence-corrected chi connectivity index (χ1v) is 9.74. The number of carbonyl (C=O) groups is 1. The summed E-state index contributed by atoms with van der Waals surface area (Å²) in [6.07, 6.45) is 0. The van der Waals surface area contributed by atoms with Crippen molar-refractivity contribution in [2.24, 2.45) is 7.05 Å². The molecular weight excluding hydrogens is 376 g/mol. The number of hydrogen-bond donors (Lipinski definition) is 1. The van der Waals surface area contributed by atoms with Gasteiger partial charge in [-0.3, -0.25) is 9.59 Å². The summed E-state index contributed by atoms with van der Waals surface area (Å²) in [5.74, 6) is 0.565. The molecule has 30 heavy (non-hydrogen) atoms. The summed E-state index contributed by atoms with van der Waals surface area (Å²) in [7, 11) is 1.70. The highest BCUT2D eigenvalue weighted by atomic mass is 16.5. The van der Waals surface area contributed by atoms with Crippen molar-refractivity contribution in [3.05, 3.63) is 112 Å². The molecule has 1 N–H and O–H groups in total. The van der Waals surface area contributed by atoms with Crippen molar-refractivity contribution in [1.82, 2.24) is 9.88 Å². The first kappa shape index (κ1) is 19.5. The zero-order chi connectivity index (χ0) is 20.9. The van der Waals surface area contributed by atoms with Crippen molar-refractivity contribution in [1.29, 1.82) is 0 Å². The number of carbonyl (C=O) groups excluding carboxylic acids is 1. The third-order valence-corrected chi connectivity index (χ3v) is 5.02. The SMILES string of the molecule is Cn1c(=O)cc(C(=O)NCc2ccc(COc3ccccc3)cc2)c2ccccc21. The maximum absolute atomic E-state index is 12.7. The molecule has 0 saturated heterocycles. The summed E-state index contributed by atoms with van der Waals surface area (Å²) in [6, 6.07) is 26.4. The lowest BCUT2D eigenvalue weighted by molar-refractivity contribution is 0.0952. The third kappa shape index (κ3) is 4.25. The quantitative estimate of drug-likeness (QED) is 0.533. The molecule has 0 fully saturated rings. The van der Waals surface area contributed by atoms with Crippen molar-refractivity contribution in [2.45, 2.75) is 13.2 Å². The van der Waals surface area contributed by atoms with Crippen molar-refractivity contribution in [3.63, 3.8) is 0 Å². The normalized spacial score (nSPS) is 10.7. The van der Waals surface area contributed by atoms with Crippen LogP contribution in [0.25, 0.3) is 10.9 Å². The molecule has 0 unspecified atom stereocenters. The smallest absolute Gasteiger partial charge is 0.252 e. The average Bonchev–Trinajstić information content (AvgIpc) is 2.80. The largest absolute Gasteiger partial charge is 0.489 e. The molecule has 0 aliphatic rings. The van der Waals surface area contributed by atoms with Crippen LogP contribution >= 0.6 is 0 Å². The van der Waals surface area contributed by atoms with Crippen LogP contribution in [-0.2, 0) is 20.2 Å². The van der Waals surface area contributed by atoms with Crippen LogP contribution in [0.3, 0.4) is 0 Å². The number of rotatable bonds is 6. The Morgan fingerprint density at radius 2 is 1.57 bits per heavy atom. The van der Waals surface area contributed by atoms with Gasteiger partial charge in [0.1, 0.15) is 12.4 Å². The zero-order valence-electron chi connectivity index (χ0n) is 16.7. The van der Waals surface area contributed by atoms with Gasteiger partial charge in [-0.2, -0.15) is 0 Å². The Morgan fingerprint density at radius 1 is 0.900 bits per heavy atom. The van der Waals surface area contributed by atoms with Gasteiger partial charge >= 0.3 is 0 Å². The Morgan fingerprint density at radius 3 is 2.33 bits per heavy atom. The van der Waals surface area contributed by atoms with Gasteiger partial charge in [-0.25, -0.2) is 0 Å². The lowest BCUT2D eigenvalue weighted by Crippen LogP contribution is -2.26. The summed E-state index contributed by atoms with van der Waals surface area (Å²) in [5.41, 5.74) is 2.94. The van der Waals surface area contributed by atoms with E-state index in [0.29, 0.717) is 18.7 Å². The first-order chi connectivity index (χ1) is 14.6. The van der Waals surface area contributed by atoms with Crippen LogP contribution in [0.2, 0.25) is 0 Å². The Hall–Kier alpha value is -3.86. The summed E-state index contributed by atoms with van der Waals surface area (Å²) in [4.78, 5) is 24.9. The minimum Gasteiger partial charge on any atom is -0.489 e. The van der Waals surface area contributed by atoms with Crippen LogP contribution in [-0.4, -0.2) is 10.5 Å². The summed E-state index contributed by atoms with van der Waals surface area (Å²) in [6.45, 7) is 0.859. The first-order valence-electron chi connectivity index (χ1n) is 9.74. The number of aromatic nitrogens is 1. The number of benzene rings is 3. The monoisotopic (exact) mass is 398 g/mol. The molecule has 4 rings (SSSR count). The van der Waals surface area contributed by atoms with E-state index in [4.69, 9.17) is 4.74 Å². The predicted octanol–water partition coefficient (Wildman–Crippen LogP) is 4.05. The van der Waals surface area contributed by atoms with Gasteiger partial charge in [-0.15, -0.1) is 0 Å². The Balaban J connectivity index is 1.41. The van der Waals surface area contributed by atoms with E-state index in [0.717, 1.165) is 27.8 Å². The molecule has 4 aromatic rings. The van der Waals surface area contributed by atoms with Crippen LogP contribution in [0.1, 0.15) is 21.5 Å². The van der Waals surface area contributed by atoms with Gasteiger partial charge in [-0.1, -0.05) is 60.7 Å². The van der Waals surface area contributed by atoms with E-state index < -0.39 is 0 Å². The minimum atomic E-state index is -0.264. The number of amides is 1. The van der Waals surface area contributed by atoms with E-state index in [1.54, 1.807) is 11.6 Å². The van der Waals surface area contributed by atoms with Crippen molar-refractivity contribution in [2.75, 3.05) is 0 Å². The van der Waals surface area contributed by atoms with Gasteiger partial charge in [0.25, 0.3) is 11.5 Å². The average molecular weight is 398 g/mol. The summed E-state index contributed by atoms with van der Waals surface area (Å²) < 4.78 is 7.29. The summed E-state index contributed by atoms with van der Waals surface area (Å²) in [5, 5.41) is 3.67. The summed E-state index contributed by atoms with van der Waals surface area (Å²) >= 11 is 0. The molecule has 3 aromatic carbocycles. The number of pyridine rings is 1. The van der Waals surface area contributed by atoms with Gasteiger partial charge in [0.15, 0.2) is 0 Å². The molecule has 5 heteroatoms. The van der Waals surface area contributed by atoms with E-state index in [2.05, 4.69) is 5.32 Å². The molecule has 150 valence electrons. The van der Waals surface area contributed by atoms with Gasteiger partial charge in [0.2, 0.25) is 0 Å². The fraction of sp³-hybridized carbons (Fsp3) is 0.120. The second kappa shape index (κ2) is 8.66. The zero-order valence-corrected chi connectivity index (χ0v) is 16.7. The van der Waals surface area contributed by atoms with Crippen molar-refractivity contribution < 1.29 is 9.53 Å². The molecule has 1 amide bonds. The second-order valence-corrected chi connectivity index (χ2v) is 7.07. The standard InChI is InChI=1S/C25H22N2O3/c1-27-23-10-6-5-9-21(23)22(15-24(27)28)25(29)26-16-18-11-13-19(14-12-18)17-30-20-7-3-2-4-8-20/h2-15H,16-17H2,1H3,(H,26,29). The fourth-order valence-corrected chi connectivity index (χ4v) is 3.31. The topological polar surface area (TPSA) is 60.3 Å². The van der Waals surface area contributed by atoms with Gasteiger partial charge in [0, 0.05) is 25.0 Å². The van der Waals surface area contributed by atoms with Crippen molar-refractivity contribution in [3.8, 4) is 5.75 Å². The van der Waals surface area contributed by atoms with Crippen LogP contribution in [0, 0.1) is 0 Å². The van der Waals surface area contributed by atoms with Crippen LogP contribution in [0.4, 0.5) is 0 Å². The number of aryl methyl sites for hydroxylation is 1. The van der Waals surface area contributed by atoms with Gasteiger partial charge in [0.05, 0.1) is 11.1 Å². The molecule has 0 bridgehead atoms. The molecule has 1 heterocycles. The number of ether oxygens (including phenoxy) is 1. The molecule has 0 atom stereocenters. The molecule has 0 aliphatic heterocycles. The highest BCUT2D eigenvalue weighted by Crippen LogP contribution is 2.16. The number of nitrogens with zero attached hydrogens (tertiary/aromatic N) is 1. The molecule has 0 aliphatic carbocycles. The number of hydrogen-bond acceptors (Lipinski definition) is 3. The Labute approximate surface area is 174 Å². The van der Waals surface area contributed by atoms with Crippen LogP contribution in [0.15, 0.2) is 89.7 Å². The maximum Gasteiger partial charge on any atom is 0.252 e. The number of fused-ring (bicyclic) bond motifs is 1. The molecule has 0 saturated carbocycles. The van der Waals surface area contributed by atoms with E-state index in [1.165, 1.54) is 6.07 Å².